The van der Waals surface area contributed by atoms with Gasteiger partial charge in [-0.3, -0.25) is 0 Å². The van der Waals surface area contributed by atoms with Gasteiger partial charge in [-0.25, -0.2) is 4.98 Å². The zero-order chi connectivity index (χ0) is 14.8. The Morgan fingerprint density at radius 3 is 2.40 bits per heavy atom. The fraction of sp³-hybridized carbons (Fsp3) is 0.375. The molecule has 4 heteroatoms. The Balaban J connectivity index is 2.28. The Labute approximate surface area is 125 Å². The number of rotatable bonds is 3. The third kappa shape index (κ3) is 3.67. The van der Waals surface area contributed by atoms with E-state index in [-0.39, 0.29) is 5.41 Å². The smallest absolute Gasteiger partial charge is 0.130 e. The van der Waals surface area contributed by atoms with Crippen LogP contribution in [0.2, 0.25) is 0 Å². The Morgan fingerprint density at radius 2 is 1.85 bits per heavy atom. The monoisotopic (exact) mass is 288 g/mol. The van der Waals surface area contributed by atoms with E-state index in [0.717, 1.165) is 23.7 Å². The number of nitrogens with zero attached hydrogens (tertiary/aromatic N) is 1. The summed E-state index contributed by atoms with van der Waals surface area (Å²) < 4.78 is 5.80. The normalized spacial score (nSPS) is 11.4. The zero-order valence-corrected chi connectivity index (χ0v) is 13.2. The first-order valence-electron chi connectivity index (χ1n) is 6.62. The molecule has 0 saturated carbocycles. The van der Waals surface area contributed by atoms with E-state index in [1.54, 1.807) is 7.11 Å². The van der Waals surface area contributed by atoms with Crippen LogP contribution in [-0.4, -0.2) is 17.1 Å². The lowest BCUT2D eigenvalue weighted by molar-refractivity contribution is 0.414. The Bertz CT molecular complexity index is 639. The zero-order valence-electron chi connectivity index (χ0n) is 12.4. The van der Waals surface area contributed by atoms with Crippen LogP contribution in [0.3, 0.4) is 0 Å². The first-order chi connectivity index (χ1) is 9.38. The molecule has 1 N–H and O–H groups in total. The molecule has 106 valence electrons. The van der Waals surface area contributed by atoms with Gasteiger partial charge < -0.3 is 9.72 Å². The highest BCUT2D eigenvalue weighted by molar-refractivity contribution is 7.71. The quantitative estimate of drug-likeness (QED) is 0.866. The SMILES string of the molecule is COc1ccc(Cc2nc(=S)cc(C(C)(C)C)[nH]2)cc1. The molecule has 0 unspecified atom stereocenters. The molecule has 0 bridgehead atoms. The lowest BCUT2D eigenvalue weighted by atomic mass is 9.92. The highest BCUT2D eigenvalue weighted by Gasteiger charge is 2.15. The van der Waals surface area contributed by atoms with Crippen LogP contribution in [-0.2, 0) is 11.8 Å². The van der Waals surface area contributed by atoms with E-state index < -0.39 is 0 Å². The second-order valence-electron chi connectivity index (χ2n) is 5.85. The van der Waals surface area contributed by atoms with Crippen molar-refractivity contribution in [2.24, 2.45) is 0 Å². The number of hydrogen-bond acceptors (Lipinski definition) is 3. The summed E-state index contributed by atoms with van der Waals surface area (Å²) in [6.07, 6.45) is 0.734. The average Bonchev–Trinajstić information content (AvgIpc) is 2.38. The van der Waals surface area contributed by atoms with Crippen LogP contribution < -0.4 is 4.74 Å². The highest BCUT2D eigenvalue weighted by Crippen LogP contribution is 2.20. The molecular formula is C16H20N2OS. The number of nitrogens with one attached hydrogen (secondary N) is 1. The Kier molecular flexibility index (Phi) is 4.23. The van der Waals surface area contributed by atoms with Crippen molar-refractivity contribution in [3.05, 3.63) is 52.1 Å². The van der Waals surface area contributed by atoms with Crippen molar-refractivity contribution >= 4 is 12.2 Å². The molecule has 1 aromatic heterocycles. The summed E-state index contributed by atoms with van der Waals surface area (Å²) in [6.45, 7) is 6.47. The molecule has 20 heavy (non-hydrogen) atoms. The molecule has 0 amide bonds. The molecule has 3 nitrogen and oxygen atoms in total. The van der Waals surface area contributed by atoms with Crippen LogP contribution in [0.25, 0.3) is 0 Å². The van der Waals surface area contributed by atoms with E-state index in [9.17, 15) is 0 Å². The first kappa shape index (κ1) is 14.7. The van der Waals surface area contributed by atoms with Gasteiger partial charge in [-0.15, -0.1) is 0 Å². The number of H-pyrrole nitrogens is 1. The Hall–Kier alpha value is -1.68. The lowest BCUT2D eigenvalue weighted by Gasteiger charge is -2.19. The number of aromatic nitrogens is 2. The molecule has 0 aliphatic carbocycles. The predicted molar refractivity (Wildman–Crippen MR) is 83.9 cm³/mol. The van der Waals surface area contributed by atoms with Gasteiger partial charge in [0.1, 0.15) is 16.2 Å². The van der Waals surface area contributed by atoms with Crippen molar-refractivity contribution < 1.29 is 4.74 Å². The number of aromatic amines is 1. The predicted octanol–water partition coefficient (Wildman–Crippen LogP) is 4.04. The van der Waals surface area contributed by atoms with Gasteiger partial charge in [-0.2, -0.15) is 0 Å². The minimum absolute atomic E-state index is 0.0329. The topological polar surface area (TPSA) is 37.9 Å². The summed E-state index contributed by atoms with van der Waals surface area (Å²) in [5.74, 6) is 1.76. The largest absolute Gasteiger partial charge is 0.497 e. The molecular weight excluding hydrogens is 268 g/mol. The Morgan fingerprint density at radius 1 is 1.20 bits per heavy atom. The molecule has 0 spiro atoms. The number of methoxy groups -OCH3 is 1. The third-order valence-electron chi connectivity index (χ3n) is 3.13. The van der Waals surface area contributed by atoms with E-state index in [4.69, 9.17) is 17.0 Å². The molecule has 2 rings (SSSR count). The van der Waals surface area contributed by atoms with Crippen LogP contribution in [0.15, 0.2) is 30.3 Å². The van der Waals surface area contributed by atoms with Gasteiger partial charge in [-0.05, 0) is 23.8 Å². The maximum absolute atomic E-state index is 5.26. The standard InChI is InChI=1S/C16H20N2OS/c1-16(2,3)13-10-15(20)18-14(17-13)9-11-5-7-12(19-4)8-6-11/h5-8,10H,9H2,1-4H3,(H,17,18,20). The van der Waals surface area contributed by atoms with Crippen molar-refractivity contribution in [3.63, 3.8) is 0 Å². The van der Waals surface area contributed by atoms with E-state index in [2.05, 4.69) is 30.7 Å². The van der Waals surface area contributed by atoms with Gasteiger partial charge in [0.2, 0.25) is 0 Å². The van der Waals surface area contributed by atoms with E-state index in [1.807, 2.05) is 30.3 Å². The molecule has 0 aliphatic rings. The number of ether oxygens (including phenoxy) is 1. The minimum Gasteiger partial charge on any atom is -0.497 e. The molecule has 1 heterocycles. The maximum atomic E-state index is 5.26. The van der Waals surface area contributed by atoms with Crippen LogP contribution in [0, 0.1) is 4.64 Å². The fourth-order valence-electron chi connectivity index (χ4n) is 1.93. The molecule has 0 atom stereocenters. The van der Waals surface area contributed by atoms with Crippen molar-refractivity contribution in [2.75, 3.05) is 7.11 Å². The second-order valence-corrected chi connectivity index (χ2v) is 6.27. The van der Waals surface area contributed by atoms with Crippen LogP contribution >= 0.6 is 12.2 Å². The molecule has 0 saturated heterocycles. The van der Waals surface area contributed by atoms with Crippen LogP contribution in [0.4, 0.5) is 0 Å². The molecule has 0 fully saturated rings. The molecule has 1 aromatic carbocycles. The number of hydrogen-bond donors (Lipinski definition) is 1. The minimum atomic E-state index is 0.0329. The van der Waals surface area contributed by atoms with Gasteiger partial charge >= 0.3 is 0 Å². The summed E-state index contributed by atoms with van der Waals surface area (Å²) in [6, 6.07) is 9.93. The maximum Gasteiger partial charge on any atom is 0.130 e. The van der Waals surface area contributed by atoms with Crippen molar-refractivity contribution in [1.82, 2.24) is 9.97 Å². The summed E-state index contributed by atoms with van der Waals surface area (Å²) in [7, 11) is 1.67. The summed E-state index contributed by atoms with van der Waals surface area (Å²) in [5, 5.41) is 0. The van der Waals surface area contributed by atoms with E-state index in [1.165, 1.54) is 5.56 Å². The second kappa shape index (κ2) is 5.75. The summed E-state index contributed by atoms with van der Waals surface area (Å²) >= 11 is 5.26. The van der Waals surface area contributed by atoms with Gasteiger partial charge in [0.05, 0.1) is 7.11 Å². The first-order valence-corrected chi connectivity index (χ1v) is 7.03. The molecule has 0 radical (unpaired) electrons. The molecule has 0 aliphatic heterocycles. The van der Waals surface area contributed by atoms with Crippen molar-refractivity contribution in [1.29, 1.82) is 0 Å². The van der Waals surface area contributed by atoms with E-state index in [0.29, 0.717) is 4.64 Å². The highest BCUT2D eigenvalue weighted by atomic mass is 32.1. The average molecular weight is 288 g/mol. The summed E-state index contributed by atoms with van der Waals surface area (Å²) in [4.78, 5) is 7.81. The van der Waals surface area contributed by atoms with E-state index >= 15 is 0 Å². The number of benzene rings is 1. The van der Waals surface area contributed by atoms with Crippen molar-refractivity contribution in [3.8, 4) is 5.75 Å². The van der Waals surface area contributed by atoms with Gasteiger partial charge in [-0.1, -0.05) is 45.1 Å². The van der Waals surface area contributed by atoms with Gasteiger partial charge in [0.15, 0.2) is 0 Å². The molecule has 2 aromatic rings. The lowest BCUT2D eigenvalue weighted by Crippen LogP contribution is -2.15. The third-order valence-corrected chi connectivity index (χ3v) is 3.34. The van der Waals surface area contributed by atoms with Crippen molar-refractivity contribution in [2.45, 2.75) is 32.6 Å². The van der Waals surface area contributed by atoms with Crippen LogP contribution in [0.1, 0.15) is 37.9 Å². The fourth-order valence-corrected chi connectivity index (χ4v) is 2.16. The summed E-state index contributed by atoms with van der Waals surface area (Å²) in [5.41, 5.74) is 2.32. The van der Waals surface area contributed by atoms with Gasteiger partial charge in [0, 0.05) is 17.5 Å². The van der Waals surface area contributed by atoms with Crippen LogP contribution in [0.5, 0.6) is 5.75 Å². The van der Waals surface area contributed by atoms with Gasteiger partial charge in [0.25, 0.3) is 0 Å².